The van der Waals surface area contributed by atoms with Gasteiger partial charge in [-0.25, -0.2) is 0 Å². The Morgan fingerprint density at radius 3 is 2.30 bits per heavy atom. The molecule has 0 fully saturated rings. The number of nitrogens with zero attached hydrogens (tertiary/aromatic N) is 2. The van der Waals surface area contributed by atoms with Gasteiger partial charge in [0.1, 0.15) is 5.75 Å². The van der Waals surface area contributed by atoms with Crippen LogP contribution in [0.5, 0.6) is 5.75 Å². The molecule has 4 heteroatoms. The maximum absolute atomic E-state index is 13.1. The Bertz CT molecular complexity index is 776. The first-order valence-corrected chi connectivity index (χ1v) is 7.50. The normalized spacial score (nSPS) is 15.5. The van der Waals surface area contributed by atoms with Crippen LogP contribution in [0, 0.1) is 0 Å². The smallest absolute Gasteiger partial charge is 0.265 e. The monoisotopic (exact) mass is 308 g/mol. The van der Waals surface area contributed by atoms with Gasteiger partial charge in [0, 0.05) is 31.0 Å². The van der Waals surface area contributed by atoms with Gasteiger partial charge < -0.3 is 9.64 Å². The van der Waals surface area contributed by atoms with Gasteiger partial charge in [-0.2, -0.15) is 0 Å². The van der Waals surface area contributed by atoms with Crippen LogP contribution in [0.25, 0.3) is 5.57 Å². The van der Waals surface area contributed by atoms with Gasteiger partial charge in [-0.1, -0.05) is 18.2 Å². The fourth-order valence-corrected chi connectivity index (χ4v) is 2.78. The number of benzene rings is 2. The van der Waals surface area contributed by atoms with Crippen LogP contribution >= 0.6 is 0 Å². The number of carbonyl (C=O) groups excluding carboxylic acids is 1. The Balaban J connectivity index is 2.16. The molecule has 0 aromatic heterocycles. The quantitative estimate of drug-likeness (QED) is 0.811. The average molecular weight is 308 g/mol. The molecule has 0 spiro atoms. The van der Waals surface area contributed by atoms with Gasteiger partial charge in [0.15, 0.2) is 0 Å². The van der Waals surface area contributed by atoms with Crippen LogP contribution in [0.15, 0.2) is 54.2 Å². The maximum atomic E-state index is 13.1. The number of allylic oxidation sites excluding steroid dienone is 1. The zero-order chi connectivity index (χ0) is 16.6. The zero-order valence-electron chi connectivity index (χ0n) is 13.8. The van der Waals surface area contributed by atoms with E-state index >= 15 is 0 Å². The van der Waals surface area contributed by atoms with Gasteiger partial charge in [0.25, 0.3) is 5.91 Å². The summed E-state index contributed by atoms with van der Waals surface area (Å²) in [6.07, 6.45) is 0. The largest absolute Gasteiger partial charge is 0.497 e. The molecule has 2 aromatic rings. The first kappa shape index (κ1) is 15.2. The number of ether oxygens (including phenoxy) is 1. The standard InChI is InChI=1S/C19H20N2O2/c1-13(20(2)3)18-16-7-5-6-8-17(16)21(19(18)22)14-9-11-15(23-4)12-10-14/h5-12H,1-4H3. The Morgan fingerprint density at radius 1 is 1.04 bits per heavy atom. The van der Waals surface area contributed by atoms with Crippen LogP contribution in [0.3, 0.4) is 0 Å². The summed E-state index contributed by atoms with van der Waals surface area (Å²) in [7, 11) is 5.54. The second-order valence-electron chi connectivity index (χ2n) is 5.71. The predicted octanol–water partition coefficient (Wildman–Crippen LogP) is 3.67. The number of anilines is 2. The molecule has 1 amide bonds. The van der Waals surface area contributed by atoms with Gasteiger partial charge >= 0.3 is 0 Å². The number of hydrogen-bond donors (Lipinski definition) is 0. The van der Waals surface area contributed by atoms with E-state index in [4.69, 9.17) is 4.74 Å². The Hall–Kier alpha value is -2.75. The van der Waals surface area contributed by atoms with Crippen molar-refractivity contribution in [2.45, 2.75) is 6.92 Å². The third-order valence-corrected chi connectivity index (χ3v) is 4.19. The van der Waals surface area contributed by atoms with Crippen LogP contribution in [0.2, 0.25) is 0 Å². The van der Waals surface area contributed by atoms with Crippen LogP contribution in [-0.2, 0) is 4.79 Å². The summed E-state index contributed by atoms with van der Waals surface area (Å²) in [6, 6.07) is 15.4. The molecule has 2 aromatic carbocycles. The van der Waals surface area contributed by atoms with E-state index in [-0.39, 0.29) is 5.91 Å². The molecule has 0 bridgehead atoms. The second-order valence-corrected chi connectivity index (χ2v) is 5.71. The lowest BCUT2D eigenvalue weighted by Gasteiger charge is -2.18. The Morgan fingerprint density at radius 2 is 1.70 bits per heavy atom. The fraction of sp³-hybridized carbons (Fsp3) is 0.211. The lowest BCUT2D eigenvalue weighted by Crippen LogP contribution is -2.22. The van der Waals surface area contributed by atoms with Crippen molar-refractivity contribution in [3.63, 3.8) is 0 Å². The molecule has 1 aliphatic rings. The van der Waals surface area contributed by atoms with E-state index < -0.39 is 0 Å². The highest BCUT2D eigenvalue weighted by atomic mass is 16.5. The molecule has 0 saturated carbocycles. The molecule has 0 unspecified atom stereocenters. The fourth-order valence-electron chi connectivity index (χ4n) is 2.78. The van der Waals surface area contributed by atoms with Crippen molar-refractivity contribution >= 4 is 22.9 Å². The van der Waals surface area contributed by atoms with Crippen molar-refractivity contribution in [3.8, 4) is 5.75 Å². The summed E-state index contributed by atoms with van der Waals surface area (Å²) in [5.41, 5.74) is 4.43. The van der Waals surface area contributed by atoms with Gasteiger partial charge in [0.05, 0.1) is 18.4 Å². The van der Waals surface area contributed by atoms with Crippen molar-refractivity contribution < 1.29 is 9.53 Å². The molecule has 1 aliphatic heterocycles. The molecule has 23 heavy (non-hydrogen) atoms. The molecule has 0 aliphatic carbocycles. The molecule has 3 rings (SSSR count). The minimum atomic E-state index is 0.00238. The first-order valence-electron chi connectivity index (χ1n) is 7.50. The molecular weight excluding hydrogens is 288 g/mol. The summed E-state index contributed by atoms with van der Waals surface area (Å²) in [5.74, 6) is 0.775. The number of fused-ring (bicyclic) bond motifs is 1. The van der Waals surface area contributed by atoms with E-state index in [0.717, 1.165) is 34.0 Å². The highest BCUT2D eigenvalue weighted by Crippen LogP contribution is 2.43. The Labute approximate surface area is 136 Å². The summed E-state index contributed by atoms with van der Waals surface area (Å²) < 4.78 is 5.20. The molecule has 0 radical (unpaired) electrons. The van der Waals surface area contributed by atoms with Crippen LogP contribution < -0.4 is 9.64 Å². The van der Waals surface area contributed by atoms with Crippen LogP contribution in [-0.4, -0.2) is 32.0 Å². The molecule has 0 atom stereocenters. The molecule has 4 nitrogen and oxygen atoms in total. The molecule has 118 valence electrons. The highest BCUT2D eigenvalue weighted by molar-refractivity contribution is 6.35. The summed E-state index contributed by atoms with van der Waals surface area (Å²) in [4.78, 5) is 16.8. The average Bonchev–Trinajstić information content (AvgIpc) is 2.86. The minimum absolute atomic E-state index is 0.00238. The summed E-state index contributed by atoms with van der Waals surface area (Å²) in [6.45, 7) is 1.97. The molecule has 0 saturated heterocycles. The van der Waals surface area contributed by atoms with Crippen LogP contribution in [0.4, 0.5) is 11.4 Å². The van der Waals surface area contributed by atoms with Crippen LogP contribution in [0.1, 0.15) is 12.5 Å². The minimum Gasteiger partial charge on any atom is -0.497 e. The lowest BCUT2D eigenvalue weighted by atomic mass is 10.1. The Kier molecular flexibility index (Phi) is 3.82. The van der Waals surface area contributed by atoms with Crippen molar-refractivity contribution in [1.82, 2.24) is 4.90 Å². The van der Waals surface area contributed by atoms with Gasteiger partial charge in [-0.3, -0.25) is 9.69 Å². The van der Waals surface area contributed by atoms with E-state index in [1.54, 1.807) is 12.0 Å². The van der Waals surface area contributed by atoms with Crippen molar-refractivity contribution in [1.29, 1.82) is 0 Å². The maximum Gasteiger partial charge on any atom is 0.265 e. The predicted molar refractivity (Wildman–Crippen MR) is 92.9 cm³/mol. The van der Waals surface area contributed by atoms with Gasteiger partial charge in [-0.05, 0) is 37.3 Å². The van der Waals surface area contributed by atoms with Gasteiger partial charge in [-0.15, -0.1) is 0 Å². The van der Waals surface area contributed by atoms with E-state index in [0.29, 0.717) is 0 Å². The van der Waals surface area contributed by atoms with Crippen molar-refractivity contribution in [2.24, 2.45) is 0 Å². The third-order valence-electron chi connectivity index (χ3n) is 4.19. The first-order chi connectivity index (χ1) is 11.0. The number of carbonyl (C=O) groups is 1. The molecule has 1 heterocycles. The topological polar surface area (TPSA) is 32.8 Å². The SMILES string of the molecule is COc1ccc(N2C(=O)C(=C(C)N(C)C)c3ccccc32)cc1. The number of methoxy groups -OCH3 is 1. The summed E-state index contributed by atoms with van der Waals surface area (Å²) in [5, 5.41) is 0. The van der Waals surface area contributed by atoms with E-state index in [2.05, 4.69) is 0 Å². The van der Waals surface area contributed by atoms with E-state index in [9.17, 15) is 4.79 Å². The van der Waals surface area contributed by atoms with Gasteiger partial charge in [0.2, 0.25) is 0 Å². The molecule has 0 N–H and O–H groups in total. The number of rotatable bonds is 3. The highest BCUT2D eigenvalue weighted by Gasteiger charge is 2.34. The number of amides is 1. The third kappa shape index (κ3) is 2.46. The summed E-state index contributed by atoms with van der Waals surface area (Å²) >= 11 is 0. The number of para-hydroxylation sites is 1. The lowest BCUT2D eigenvalue weighted by molar-refractivity contribution is -0.112. The number of hydrogen-bond acceptors (Lipinski definition) is 3. The van der Waals surface area contributed by atoms with Crippen molar-refractivity contribution in [3.05, 3.63) is 59.8 Å². The van der Waals surface area contributed by atoms with E-state index in [1.165, 1.54) is 0 Å². The molecular formula is C19H20N2O2. The van der Waals surface area contributed by atoms with E-state index in [1.807, 2.05) is 74.4 Å². The second kappa shape index (κ2) is 5.80. The van der Waals surface area contributed by atoms with Crippen molar-refractivity contribution in [2.75, 3.05) is 26.1 Å². The zero-order valence-corrected chi connectivity index (χ0v) is 13.8.